The molecule has 12 heteroatoms. The van der Waals surface area contributed by atoms with Crippen LogP contribution >= 0.6 is 0 Å². The molecule has 1 saturated heterocycles. The molecule has 12 nitrogen and oxygen atoms in total. The first kappa shape index (κ1) is 41.2. The second-order valence-electron chi connectivity index (χ2n) is 15.1. The summed E-state index contributed by atoms with van der Waals surface area (Å²) in [5.41, 5.74) is 0.858. The first-order valence-electron chi connectivity index (χ1n) is 17.7. The van der Waals surface area contributed by atoms with Gasteiger partial charge in [0.2, 0.25) is 0 Å². The summed E-state index contributed by atoms with van der Waals surface area (Å²) in [5, 5.41) is 0. The maximum absolute atomic E-state index is 13.4. The lowest BCUT2D eigenvalue weighted by molar-refractivity contribution is -0.314. The van der Waals surface area contributed by atoms with E-state index in [1.807, 2.05) is 0 Å². The summed E-state index contributed by atoms with van der Waals surface area (Å²) in [7, 11) is 0. The Labute approximate surface area is 296 Å². The zero-order chi connectivity index (χ0) is 37.6. The molecule has 3 aliphatic rings. The fraction of sp³-hybridized carbons (Fsp3) is 0.763. The molecule has 10 unspecified atom stereocenters. The van der Waals surface area contributed by atoms with Crippen molar-refractivity contribution in [2.75, 3.05) is 13.2 Å². The van der Waals surface area contributed by atoms with Gasteiger partial charge in [-0.25, -0.2) is 4.79 Å². The van der Waals surface area contributed by atoms with E-state index in [1.165, 1.54) is 33.3 Å². The van der Waals surface area contributed by atoms with Crippen LogP contribution in [0.3, 0.4) is 0 Å². The second kappa shape index (κ2) is 17.3. The number of carbonyl (C=O) groups excluding carboxylic acids is 5. The first-order chi connectivity index (χ1) is 23.3. The van der Waals surface area contributed by atoms with Crippen LogP contribution in [0.25, 0.3) is 0 Å². The van der Waals surface area contributed by atoms with E-state index in [0.29, 0.717) is 24.5 Å². The molecule has 2 fully saturated rings. The zero-order valence-electron chi connectivity index (χ0n) is 31.7. The Bertz CT molecular complexity index is 1320. The van der Waals surface area contributed by atoms with Crippen molar-refractivity contribution in [3.63, 3.8) is 0 Å². The summed E-state index contributed by atoms with van der Waals surface area (Å²) in [6, 6.07) is 0. The highest BCUT2D eigenvalue weighted by molar-refractivity contribution is 5.87. The smallest absolute Gasteiger partial charge is 0.333 e. The molecule has 0 spiro atoms. The Morgan fingerprint density at radius 1 is 0.880 bits per heavy atom. The molecule has 0 radical (unpaired) electrons. The van der Waals surface area contributed by atoms with Gasteiger partial charge in [-0.15, -0.1) is 0 Å². The Balaban J connectivity index is 2.03. The van der Waals surface area contributed by atoms with Crippen LogP contribution in [-0.2, 0) is 57.1 Å². The van der Waals surface area contributed by atoms with Gasteiger partial charge < -0.3 is 33.2 Å². The molecule has 0 aromatic rings. The van der Waals surface area contributed by atoms with Crippen LogP contribution in [0.5, 0.6) is 0 Å². The fourth-order valence-electron chi connectivity index (χ4n) is 8.36. The van der Waals surface area contributed by atoms with E-state index in [0.717, 1.165) is 25.7 Å². The number of hydrogen-bond donors (Lipinski definition) is 0. The van der Waals surface area contributed by atoms with E-state index in [1.54, 1.807) is 19.9 Å². The minimum Gasteiger partial charge on any atom is -0.466 e. The molecular formula is C38H58O12. The van der Waals surface area contributed by atoms with Gasteiger partial charge in [0.25, 0.3) is 0 Å². The summed E-state index contributed by atoms with van der Waals surface area (Å²) in [6.07, 6.45) is 1.67. The van der Waals surface area contributed by atoms with E-state index in [4.69, 9.17) is 33.2 Å². The second-order valence-corrected chi connectivity index (χ2v) is 15.1. The van der Waals surface area contributed by atoms with Gasteiger partial charge in [-0.05, 0) is 76.0 Å². The molecule has 0 amide bonds. The van der Waals surface area contributed by atoms with Gasteiger partial charge in [0, 0.05) is 38.7 Å². The number of esters is 5. The van der Waals surface area contributed by atoms with Crippen molar-refractivity contribution in [2.24, 2.45) is 28.6 Å². The predicted octanol–water partition coefficient (Wildman–Crippen LogP) is 5.79. The van der Waals surface area contributed by atoms with E-state index >= 15 is 0 Å². The zero-order valence-corrected chi connectivity index (χ0v) is 31.7. The van der Waals surface area contributed by atoms with Crippen LogP contribution < -0.4 is 0 Å². The molecule has 282 valence electrons. The van der Waals surface area contributed by atoms with Crippen LogP contribution in [0, 0.1) is 28.6 Å². The maximum atomic E-state index is 13.4. The molecule has 2 aliphatic carbocycles. The van der Waals surface area contributed by atoms with Gasteiger partial charge in [-0.1, -0.05) is 45.4 Å². The lowest BCUT2D eigenvalue weighted by Crippen LogP contribution is -2.64. The number of fused-ring (bicyclic) bond motifs is 1. The summed E-state index contributed by atoms with van der Waals surface area (Å²) >= 11 is 0. The highest BCUT2D eigenvalue weighted by Gasteiger charge is 2.61. The lowest BCUT2D eigenvalue weighted by atomic mass is 9.46. The van der Waals surface area contributed by atoms with Crippen molar-refractivity contribution < 1.29 is 57.1 Å². The normalized spacial score (nSPS) is 32.8. The molecule has 1 saturated carbocycles. The molecule has 50 heavy (non-hydrogen) atoms. The Morgan fingerprint density at radius 3 is 2.08 bits per heavy atom. The Morgan fingerprint density at radius 2 is 1.50 bits per heavy atom. The average molecular weight is 707 g/mol. The van der Waals surface area contributed by atoms with Crippen LogP contribution in [0.1, 0.15) is 108 Å². The molecule has 0 aromatic heterocycles. The molecule has 0 aromatic carbocycles. The minimum absolute atomic E-state index is 0.113. The van der Waals surface area contributed by atoms with Crippen molar-refractivity contribution >= 4 is 29.8 Å². The van der Waals surface area contributed by atoms with Crippen molar-refractivity contribution in [2.45, 2.75) is 145 Å². The van der Waals surface area contributed by atoms with Crippen molar-refractivity contribution in [3.05, 3.63) is 23.3 Å². The Kier molecular flexibility index (Phi) is 14.3. The highest BCUT2D eigenvalue weighted by atomic mass is 16.7. The van der Waals surface area contributed by atoms with Gasteiger partial charge >= 0.3 is 29.8 Å². The highest BCUT2D eigenvalue weighted by Crippen LogP contribution is 2.62. The number of rotatable bonds is 13. The average Bonchev–Trinajstić information content (AvgIpc) is 2.99. The predicted molar refractivity (Wildman–Crippen MR) is 182 cm³/mol. The van der Waals surface area contributed by atoms with Crippen molar-refractivity contribution in [3.8, 4) is 0 Å². The quantitative estimate of drug-likeness (QED) is 0.0988. The molecule has 10 atom stereocenters. The van der Waals surface area contributed by atoms with Crippen molar-refractivity contribution in [1.29, 1.82) is 0 Å². The van der Waals surface area contributed by atoms with Gasteiger partial charge in [-0.2, -0.15) is 0 Å². The van der Waals surface area contributed by atoms with Gasteiger partial charge in [0.15, 0.2) is 24.6 Å². The molecule has 1 heterocycles. The molecule has 1 aliphatic heterocycles. The van der Waals surface area contributed by atoms with E-state index in [-0.39, 0.29) is 29.8 Å². The third kappa shape index (κ3) is 9.96. The molecular weight excluding hydrogens is 648 g/mol. The van der Waals surface area contributed by atoms with Crippen LogP contribution in [-0.4, -0.2) is 79.9 Å². The number of carbonyl (C=O) groups is 5. The molecule has 0 bridgehead atoms. The summed E-state index contributed by atoms with van der Waals surface area (Å²) in [6.45, 7) is 19.5. The van der Waals surface area contributed by atoms with E-state index < -0.39 is 66.1 Å². The minimum atomic E-state index is -1.28. The third-order valence-electron chi connectivity index (χ3n) is 10.9. The van der Waals surface area contributed by atoms with Crippen LogP contribution in [0.2, 0.25) is 0 Å². The lowest BCUT2D eigenvalue weighted by Gasteiger charge is -2.61. The molecule has 3 rings (SSSR count). The number of ether oxygens (including phenoxy) is 7. The van der Waals surface area contributed by atoms with Gasteiger partial charge in [0.05, 0.1) is 19.3 Å². The van der Waals surface area contributed by atoms with E-state index in [2.05, 4.69) is 40.7 Å². The maximum Gasteiger partial charge on any atom is 0.333 e. The van der Waals surface area contributed by atoms with E-state index in [9.17, 15) is 24.0 Å². The van der Waals surface area contributed by atoms with Crippen LogP contribution in [0.15, 0.2) is 23.3 Å². The summed E-state index contributed by atoms with van der Waals surface area (Å²) in [4.78, 5) is 61.2. The Hall–Kier alpha value is -3.25. The third-order valence-corrected chi connectivity index (χ3v) is 10.9. The molecule has 0 N–H and O–H groups in total. The number of hydrogen-bond acceptors (Lipinski definition) is 12. The largest absolute Gasteiger partial charge is 0.466 e. The van der Waals surface area contributed by atoms with Gasteiger partial charge in [-0.3, -0.25) is 19.2 Å². The number of allylic oxidation sites excluding steroid dienone is 3. The topological polar surface area (TPSA) is 150 Å². The van der Waals surface area contributed by atoms with Crippen LogP contribution in [0.4, 0.5) is 0 Å². The first-order valence-corrected chi connectivity index (χ1v) is 17.7. The van der Waals surface area contributed by atoms with Gasteiger partial charge in [0.1, 0.15) is 6.10 Å². The summed E-state index contributed by atoms with van der Waals surface area (Å²) in [5.74, 6) is -2.09. The monoisotopic (exact) mass is 706 g/mol. The fourth-order valence-corrected chi connectivity index (χ4v) is 8.36. The summed E-state index contributed by atoms with van der Waals surface area (Å²) < 4.78 is 41.0. The SMILES string of the molecule is CC=C(C)C(=O)OC1C(OC2OCC(OC(C)=O)C(OC(C)=O)C2OC(C)=O)CC2(C)C(CCC(C)CCOC(C)=O)C(C)=CCC2C1(C)C. The standard InChI is InChI=1S/C38H58O12/c1-12-22(3)35(43)50-34-29(49-36-33(48-27(8)42)32(47-26(7)41)30(20-45-36)46-25(6)40)19-38(11)28(15-13-21(2)17-18-44-24(5)39)23(4)14-16-31(38)37(34,9)10/h12,14,21,28-34,36H,13,15-20H2,1-11H3. The van der Waals surface area contributed by atoms with Crippen molar-refractivity contribution in [1.82, 2.24) is 0 Å².